The number of aliphatic carboxylic acids is 1. The highest BCUT2D eigenvalue weighted by molar-refractivity contribution is 5.83. The molecule has 0 fully saturated rings. The Morgan fingerprint density at radius 3 is 2.33 bits per heavy atom. The Labute approximate surface area is 175 Å². The Bertz CT molecular complexity index is 953. The van der Waals surface area contributed by atoms with Gasteiger partial charge in [0.25, 0.3) is 0 Å². The molecule has 0 spiro atoms. The van der Waals surface area contributed by atoms with Crippen LogP contribution in [-0.4, -0.2) is 31.1 Å². The monoisotopic (exact) mass is 409 g/mol. The molecule has 30 heavy (non-hydrogen) atoms. The van der Waals surface area contributed by atoms with Crippen molar-refractivity contribution < 1.29 is 24.2 Å². The number of amides is 1. The average Bonchev–Trinajstić information content (AvgIpc) is 3.22. The summed E-state index contributed by atoms with van der Waals surface area (Å²) in [6.07, 6.45) is 2.39. The van der Waals surface area contributed by atoms with Gasteiger partial charge in [-0.2, -0.15) is 0 Å². The lowest BCUT2D eigenvalue weighted by Gasteiger charge is -2.26. The number of aryl methyl sites for hydroxylation is 1. The number of rotatable bonds is 8. The maximum absolute atomic E-state index is 12.8. The van der Waals surface area contributed by atoms with E-state index in [2.05, 4.69) is 12.3 Å². The molecule has 0 saturated carbocycles. The number of carboxylic acid groups (broad SMARTS) is 1. The van der Waals surface area contributed by atoms with Gasteiger partial charge in [-0.15, -0.1) is 0 Å². The van der Waals surface area contributed by atoms with Crippen molar-refractivity contribution in [3.63, 3.8) is 0 Å². The first-order chi connectivity index (χ1) is 14.5. The minimum absolute atomic E-state index is 0.147. The molecular formula is C23H25N2O5-. The topological polar surface area (TPSA) is 90.9 Å². The van der Waals surface area contributed by atoms with Gasteiger partial charge in [0.15, 0.2) is 11.5 Å². The van der Waals surface area contributed by atoms with Crippen LogP contribution >= 0.6 is 0 Å². The van der Waals surface area contributed by atoms with E-state index in [0.29, 0.717) is 11.5 Å². The van der Waals surface area contributed by atoms with Crippen molar-refractivity contribution in [2.24, 2.45) is 0 Å². The van der Waals surface area contributed by atoms with E-state index in [1.54, 1.807) is 20.3 Å². The lowest BCUT2D eigenvalue weighted by atomic mass is 10.0. The van der Waals surface area contributed by atoms with Gasteiger partial charge in [0, 0.05) is 18.0 Å². The summed E-state index contributed by atoms with van der Waals surface area (Å²) in [5.41, 5.74) is 6.80. The fraction of sp³-hybridized carbons (Fsp3) is 0.304. The molecule has 1 aliphatic rings. The second-order valence-electron chi connectivity index (χ2n) is 6.94. The van der Waals surface area contributed by atoms with E-state index in [0.717, 1.165) is 23.2 Å². The van der Waals surface area contributed by atoms with E-state index in [4.69, 9.17) is 9.47 Å². The van der Waals surface area contributed by atoms with Crippen molar-refractivity contribution in [2.45, 2.75) is 32.2 Å². The van der Waals surface area contributed by atoms with Crippen LogP contribution in [0.2, 0.25) is 0 Å². The summed E-state index contributed by atoms with van der Waals surface area (Å²) in [6.45, 7) is 2.08. The van der Waals surface area contributed by atoms with Crippen LogP contribution in [0.3, 0.4) is 0 Å². The largest absolute Gasteiger partial charge is 0.550 e. The third-order valence-corrected chi connectivity index (χ3v) is 5.08. The molecule has 0 aliphatic carbocycles. The number of carbonyl (C=O) groups is 2. The molecular weight excluding hydrogens is 384 g/mol. The minimum Gasteiger partial charge on any atom is -0.550 e. The summed E-state index contributed by atoms with van der Waals surface area (Å²) in [5.74, 6) is -0.397. The molecule has 1 atom stereocenters. The first-order valence-corrected chi connectivity index (χ1v) is 9.78. The highest BCUT2D eigenvalue weighted by Crippen LogP contribution is 2.35. The van der Waals surface area contributed by atoms with Crippen LogP contribution in [0.5, 0.6) is 11.5 Å². The summed E-state index contributed by atoms with van der Waals surface area (Å²) >= 11 is 0. The van der Waals surface area contributed by atoms with E-state index >= 15 is 0 Å². The quantitative estimate of drug-likeness (QED) is 0.719. The second kappa shape index (κ2) is 9.35. The predicted octanol–water partition coefficient (Wildman–Crippen LogP) is 2.23. The third-order valence-electron chi connectivity index (χ3n) is 5.08. The van der Waals surface area contributed by atoms with Gasteiger partial charge >= 0.3 is 0 Å². The molecule has 7 nitrogen and oxygen atoms in total. The maximum Gasteiger partial charge on any atom is 0.242 e. The van der Waals surface area contributed by atoms with Crippen LogP contribution in [0.15, 0.2) is 48.5 Å². The Kier molecular flexibility index (Phi) is 6.61. The Morgan fingerprint density at radius 2 is 1.73 bits per heavy atom. The van der Waals surface area contributed by atoms with E-state index in [-0.39, 0.29) is 24.8 Å². The van der Waals surface area contributed by atoms with Crippen LogP contribution in [0.4, 0.5) is 0 Å². The van der Waals surface area contributed by atoms with Crippen molar-refractivity contribution in [1.82, 2.24) is 10.4 Å². The van der Waals surface area contributed by atoms with Crippen LogP contribution in [0.1, 0.15) is 42.5 Å². The molecule has 1 heterocycles. The van der Waals surface area contributed by atoms with Gasteiger partial charge in [0.05, 0.1) is 26.0 Å². The first-order valence-electron chi connectivity index (χ1n) is 9.78. The second-order valence-corrected chi connectivity index (χ2v) is 6.94. The maximum atomic E-state index is 12.8. The number of benzene rings is 2. The standard InChI is InChI=1S/C23H26N2O5/c1-4-15-5-7-16(8-6-15)19-14-18(24-25(19)22(26)11-12-23(27)28)17-9-10-20(29-2)21(13-17)30-3/h5-10,13-14,19,24H,4,11-12H2,1-3H3,(H,27,28)/p-1/t19-/m1/s1. The van der Waals surface area contributed by atoms with E-state index in [1.165, 1.54) is 10.6 Å². The number of hydrazine groups is 1. The Balaban J connectivity index is 1.94. The van der Waals surface area contributed by atoms with E-state index < -0.39 is 5.97 Å². The summed E-state index contributed by atoms with van der Waals surface area (Å²) in [4.78, 5) is 23.6. The molecule has 0 saturated heterocycles. The van der Waals surface area contributed by atoms with Gasteiger partial charge in [-0.05, 0) is 48.2 Å². The highest BCUT2D eigenvalue weighted by Gasteiger charge is 2.30. The number of carbonyl (C=O) groups excluding carboxylic acids is 2. The molecule has 1 N–H and O–H groups in total. The van der Waals surface area contributed by atoms with Crippen LogP contribution in [-0.2, 0) is 16.0 Å². The normalized spacial score (nSPS) is 15.4. The molecule has 0 aromatic heterocycles. The van der Waals surface area contributed by atoms with E-state index in [9.17, 15) is 14.7 Å². The lowest BCUT2D eigenvalue weighted by Crippen LogP contribution is -2.40. The number of nitrogens with zero attached hydrogens (tertiary/aromatic N) is 1. The van der Waals surface area contributed by atoms with Gasteiger partial charge in [-0.3, -0.25) is 10.2 Å². The van der Waals surface area contributed by atoms with Crippen LogP contribution in [0.25, 0.3) is 5.70 Å². The fourth-order valence-corrected chi connectivity index (χ4v) is 3.38. The van der Waals surface area contributed by atoms with Crippen molar-refractivity contribution in [2.75, 3.05) is 14.2 Å². The highest BCUT2D eigenvalue weighted by atomic mass is 16.5. The lowest BCUT2D eigenvalue weighted by molar-refractivity contribution is -0.305. The number of ether oxygens (including phenoxy) is 2. The number of hydrogen-bond donors (Lipinski definition) is 1. The Morgan fingerprint density at radius 1 is 1.03 bits per heavy atom. The molecule has 0 unspecified atom stereocenters. The number of methoxy groups -OCH3 is 2. The van der Waals surface area contributed by atoms with E-state index in [1.807, 2.05) is 42.5 Å². The third kappa shape index (κ3) is 4.56. The first kappa shape index (κ1) is 21.2. The van der Waals surface area contributed by atoms with Gasteiger partial charge in [-0.1, -0.05) is 31.2 Å². The van der Waals surface area contributed by atoms with Gasteiger partial charge in [0.2, 0.25) is 5.91 Å². The molecule has 2 aromatic carbocycles. The smallest absolute Gasteiger partial charge is 0.242 e. The van der Waals surface area contributed by atoms with Crippen molar-refractivity contribution >= 4 is 17.6 Å². The summed E-state index contributed by atoms with van der Waals surface area (Å²) in [7, 11) is 3.13. The molecule has 158 valence electrons. The Hall–Kier alpha value is -3.48. The number of hydrogen-bond acceptors (Lipinski definition) is 6. The number of carboxylic acids is 1. The minimum atomic E-state index is -1.25. The van der Waals surface area contributed by atoms with Crippen LogP contribution in [0, 0.1) is 0 Å². The van der Waals surface area contributed by atoms with Gasteiger partial charge in [-0.25, -0.2) is 5.01 Å². The molecule has 2 aromatic rings. The summed E-state index contributed by atoms with van der Waals surface area (Å²) < 4.78 is 10.7. The molecule has 1 aliphatic heterocycles. The van der Waals surface area contributed by atoms with Crippen LogP contribution < -0.4 is 20.0 Å². The van der Waals surface area contributed by atoms with Crippen molar-refractivity contribution in [1.29, 1.82) is 0 Å². The van der Waals surface area contributed by atoms with Gasteiger partial charge in [0.1, 0.15) is 0 Å². The van der Waals surface area contributed by atoms with Gasteiger partial charge < -0.3 is 19.4 Å². The zero-order chi connectivity index (χ0) is 21.7. The predicted molar refractivity (Wildman–Crippen MR) is 110 cm³/mol. The van der Waals surface area contributed by atoms with Crippen molar-refractivity contribution in [3.05, 3.63) is 65.2 Å². The molecule has 7 heteroatoms. The zero-order valence-corrected chi connectivity index (χ0v) is 17.3. The SMILES string of the molecule is CCc1ccc([C@H]2C=C(c3ccc(OC)c(OC)c3)NN2C(=O)CCC(=O)[O-])cc1. The molecule has 1 amide bonds. The molecule has 0 radical (unpaired) electrons. The zero-order valence-electron chi connectivity index (χ0n) is 17.3. The number of nitrogens with one attached hydrogen (secondary N) is 1. The van der Waals surface area contributed by atoms with Crippen molar-refractivity contribution in [3.8, 4) is 11.5 Å². The average molecular weight is 409 g/mol. The molecule has 3 rings (SSSR count). The summed E-state index contributed by atoms with van der Waals surface area (Å²) in [6, 6.07) is 13.1. The molecule has 0 bridgehead atoms. The summed E-state index contributed by atoms with van der Waals surface area (Å²) in [5, 5.41) is 12.3. The fourth-order valence-electron chi connectivity index (χ4n) is 3.38.